The third kappa shape index (κ3) is 26.8. The zero-order chi connectivity index (χ0) is 36.3. The van der Waals surface area contributed by atoms with Gasteiger partial charge in [0.2, 0.25) is 0 Å². The lowest BCUT2D eigenvalue weighted by Crippen LogP contribution is -2.11. The van der Waals surface area contributed by atoms with Gasteiger partial charge in [0, 0.05) is 8.95 Å². The Morgan fingerprint density at radius 3 is 0.800 bits per heavy atom. The fourth-order valence-corrected chi connectivity index (χ4v) is 7.66. The van der Waals surface area contributed by atoms with Crippen LogP contribution in [0.5, 0.6) is 0 Å². The summed E-state index contributed by atoms with van der Waals surface area (Å²) in [6.45, 7) is 5.40. The molecule has 0 aliphatic heterocycles. The van der Waals surface area contributed by atoms with Crippen molar-refractivity contribution >= 4 is 43.8 Å². The Balaban J connectivity index is 2.04. The molecule has 50 heavy (non-hydrogen) atoms. The second-order valence-corrected chi connectivity index (χ2v) is 16.4. The van der Waals surface area contributed by atoms with Crippen LogP contribution in [0.3, 0.4) is 0 Å². The molecule has 0 atom stereocenters. The van der Waals surface area contributed by atoms with Crippen molar-refractivity contribution in [2.24, 2.45) is 0 Å². The third-order valence-electron chi connectivity index (χ3n) is 9.96. The standard InChI is InChI=1S/C44H76Br2O4/c1-3-5-7-9-11-13-15-17-19-21-23-25-27-29-31-33-35-49-43(47)39-37-42(46)40(38-41(39)45)44(48)50-36-34-32-30-28-26-24-22-20-18-16-14-12-10-8-6-4-2/h37-38H,3-36H2,1-2H3. The van der Waals surface area contributed by atoms with Crippen LogP contribution in [0.4, 0.5) is 0 Å². The lowest BCUT2D eigenvalue weighted by molar-refractivity contribution is 0.0481. The van der Waals surface area contributed by atoms with Crippen LogP contribution in [0.1, 0.15) is 240 Å². The van der Waals surface area contributed by atoms with Gasteiger partial charge in [0.05, 0.1) is 24.3 Å². The maximum absolute atomic E-state index is 12.7. The molecule has 0 amide bonds. The summed E-state index contributed by atoms with van der Waals surface area (Å²) in [5.41, 5.74) is 0.838. The van der Waals surface area contributed by atoms with E-state index in [-0.39, 0.29) is 11.9 Å². The predicted octanol–water partition coefficient (Wildman–Crippen LogP) is 16.0. The lowest BCUT2D eigenvalue weighted by atomic mass is 10.0. The van der Waals surface area contributed by atoms with E-state index >= 15 is 0 Å². The summed E-state index contributed by atoms with van der Waals surface area (Å²) in [7, 11) is 0. The van der Waals surface area contributed by atoms with Crippen molar-refractivity contribution in [2.45, 2.75) is 219 Å². The van der Waals surface area contributed by atoms with Gasteiger partial charge in [-0.25, -0.2) is 9.59 Å². The Morgan fingerprint density at radius 1 is 0.380 bits per heavy atom. The molecule has 0 fully saturated rings. The Labute approximate surface area is 326 Å². The van der Waals surface area contributed by atoms with E-state index in [1.54, 1.807) is 12.1 Å². The van der Waals surface area contributed by atoms with Crippen molar-refractivity contribution < 1.29 is 19.1 Å². The van der Waals surface area contributed by atoms with Gasteiger partial charge in [-0.15, -0.1) is 0 Å². The number of esters is 2. The molecule has 0 spiro atoms. The van der Waals surface area contributed by atoms with Gasteiger partial charge in [0.1, 0.15) is 0 Å². The molecule has 4 nitrogen and oxygen atoms in total. The molecule has 6 heteroatoms. The van der Waals surface area contributed by atoms with E-state index in [1.165, 1.54) is 180 Å². The quantitative estimate of drug-likeness (QED) is 0.0499. The molecule has 1 aromatic carbocycles. The fraction of sp³-hybridized carbons (Fsp3) is 0.818. The molecule has 0 unspecified atom stereocenters. The molecule has 290 valence electrons. The van der Waals surface area contributed by atoms with Crippen molar-refractivity contribution in [3.05, 3.63) is 32.2 Å². The van der Waals surface area contributed by atoms with E-state index in [4.69, 9.17) is 9.47 Å². The number of unbranched alkanes of at least 4 members (excludes halogenated alkanes) is 30. The average molecular weight is 829 g/mol. The van der Waals surface area contributed by atoms with Gasteiger partial charge in [0.25, 0.3) is 0 Å². The largest absolute Gasteiger partial charge is 0.462 e. The number of rotatable bonds is 36. The summed E-state index contributed by atoms with van der Waals surface area (Å²) in [6.07, 6.45) is 42.1. The molecule has 0 radical (unpaired) electrons. The molecule has 0 saturated carbocycles. The van der Waals surface area contributed by atoms with E-state index < -0.39 is 0 Å². The Kier molecular flexibility index (Phi) is 33.2. The Hall–Kier alpha value is -0.880. The molecular formula is C44H76Br2O4. The molecule has 0 heterocycles. The van der Waals surface area contributed by atoms with Crippen LogP contribution >= 0.6 is 31.9 Å². The Bertz CT molecular complexity index is 874. The summed E-state index contributed by atoms with van der Waals surface area (Å²) in [5.74, 6) is -0.738. The highest BCUT2D eigenvalue weighted by atomic mass is 79.9. The minimum absolute atomic E-state index is 0.369. The first-order chi connectivity index (χ1) is 24.5. The van der Waals surface area contributed by atoms with Crippen LogP contribution in [-0.4, -0.2) is 25.2 Å². The summed E-state index contributed by atoms with van der Waals surface area (Å²) in [6, 6.07) is 3.32. The zero-order valence-corrected chi connectivity index (χ0v) is 35.8. The number of hydrogen-bond donors (Lipinski definition) is 0. The number of benzene rings is 1. The van der Waals surface area contributed by atoms with E-state index in [0.717, 1.165) is 25.7 Å². The first-order valence-electron chi connectivity index (χ1n) is 21.3. The van der Waals surface area contributed by atoms with Gasteiger partial charge in [-0.3, -0.25) is 0 Å². The number of ether oxygens (including phenoxy) is 2. The Morgan fingerprint density at radius 2 is 0.580 bits per heavy atom. The average Bonchev–Trinajstić information content (AvgIpc) is 3.11. The van der Waals surface area contributed by atoms with Crippen molar-refractivity contribution in [1.29, 1.82) is 0 Å². The normalized spacial score (nSPS) is 11.3. The molecule has 0 N–H and O–H groups in total. The van der Waals surface area contributed by atoms with Gasteiger partial charge in [-0.1, -0.05) is 206 Å². The second kappa shape index (κ2) is 35.2. The van der Waals surface area contributed by atoms with E-state index in [0.29, 0.717) is 33.3 Å². The highest BCUT2D eigenvalue weighted by Gasteiger charge is 2.19. The van der Waals surface area contributed by atoms with Gasteiger partial charge >= 0.3 is 11.9 Å². The van der Waals surface area contributed by atoms with E-state index in [2.05, 4.69) is 45.7 Å². The van der Waals surface area contributed by atoms with E-state index in [9.17, 15) is 9.59 Å². The maximum Gasteiger partial charge on any atom is 0.339 e. The smallest absolute Gasteiger partial charge is 0.339 e. The number of halogens is 2. The van der Waals surface area contributed by atoms with Crippen LogP contribution in [0, 0.1) is 0 Å². The molecule has 1 rings (SSSR count). The molecule has 0 aliphatic rings. The van der Waals surface area contributed by atoms with Crippen LogP contribution in [-0.2, 0) is 9.47 Å². The van der Waals surface area contributed by atoms with Crippen LogP contribution < -0.4 is 0 Å². The minimum Gasteiger partial charge on any atom is -0.462 e. The highest BCUT2D eigenvalue weighted by Crippen LogP contribution is 2.28. The third-order valence-corrected chi connectivity index (χ3v) is 11.3. The SMILES string of the molecule is CCCCCCCCCCCCCCCCCCOC(=O)c1cc(Br)c(C(=O)OCCCCCCCCCCCCCCCCCC)cc1Br. The first kappa shape index (κ1) is 47.1. The maximum atomic E-state index is 12.7. The molecule has 0 saturated heterocycles. The number of carbonyl (C=O) groups excluding carboxylic acids is 2. The molecule has 0 bridgehead atoms. The van der Waals surface area contributed by atoms with Crippen molar-refractivity contribution in [3.63, 3.8) is 0 Å². The zero-order valence-electron chi connectivity index (χ0n) is 32.6. The summed E-state index contributed by atoms with van der Waals surface area (Å²) in [4.78, 5) is 25.4. The van der Waals surface area contributed by atoms with E-state index in [1.807, 2.05) is 0 Å². The minimum atomic E-state index is -0.369. The number of carbonyl (C=O) groups is 2. The van der Waals surface area contributed by atoms with Crippen LogP contribution in [0.25, 0.3) is 0 Å². The van der Waals surface area contributed by atoms with Gasteiger partial charge < -0.3 is 9.47 Å². The highest BCUT2D eigenvalue weighted by molar-refractivity contribution is 9.11. The van der Waals surface area contributed by atoms with Crippen LogP contribution in [0.15, 0.2) is 21.1 Å². The summed E-state index contributed by atoms with van der Waals surface area (Å²) < 4.78 is 12.2. The first-order valence-corrected chi connectivity index (χ1v) is 22.9. The lowest BCUT2D eigenvalue weighted by Gasteiger charge is -2.11. The second-order valence-electron chi connectivity index (χ2n) is 14.7. The van der Waals surface area contributed by atoms with Crippen molar-refractivity contribution in [3.8, 4) is 0 Å². The molecule has 0 aromatic heterocycles. The molecule has 0 aliphatic carbocycles. The summed E-state index contributed by atoms with van der Waals surface area (Å²) >= 11 is 6.93. The van der Waals surface area contributed by atoms with Gasteiger partial charge in [-0.05, 0) is 56.8 Å². The van der Waals surface area contributed by atoms with Crippen molar-refractivity contribution in [2.75, 3.05) is 13.2 Å². The van der Waals surface area contributed by atoms with Crippen molar-refractivity contribution in [1.82, 2.24) is 0 Å². The molecular weight excluding hydrogens is 752 g/mol. The van der Waals surface area contributed by atoms with Crippen LogP contribution in [0.2, 0.25) is 0 Å². The topological polar surface area (TPSA) is 52.6 Å². The fourth-order valence-electron chi connectivity index (χ4n) is 6.65. The monoisotopic (exact) mass is 826 g/mol. The predicted molar refractivity (Wildman–Crippen MR) is 221 cm³/mol. The molecule has 1 aromatic rings. The summed E-state index contributed by atoms with van der Waals surface area (Å²) in [5, 5.41) is 0. The van der Waals surface area contributed by atoms with Gasteiger partial charge in [0.15, 0.2) is 0 Å². The van der Waals surface area contributed by atoms with Gasteiger partial charge in [-0.2, -0.15) is 0 Å². The number of hydrogen-bond acceptors (Lipinski definition) is 4.